The Morgan fingerprint density at radius 3 is 0.844 bits per heavy atom. The van der Waals surface area contributed by atoms with Crippen molar-refractivity contribution in [1.82, 2.24) is 0 Å². The zero-order valence-electron chi connectivity index (χ0n) is 51.0. The standard InChI is InChI=1S/C71H124O6/c1-4-7-10-13-16-19-22-25-28-31-34-35-38-40-43-46-49-52-55-58-61-64-70(73)76-67-68(77-71(74)65-62-59-56-53-50-47-44-41-37-33-30-27-24-21-18-15-12-9-6-3)66-75-69(72)63-60-57-54-51-48-45-42-39-36-32-29-26-23-20-17-14-11-8-5-2/h9,12,18,21,25,27-28,30,37,41,47,50,56,59,68H,4-8,10-11,13-17,19-20,22-24,26,29,31-36,38-40,42-46,48-49,51-55,57-58,60-67H2,1-3H3/b12-9-,21-18-,28-25-,30-27-,41-37-,50-47-,59-56-/t68-/m0/s1. The zero-order chi connectivity index (χ0) is 55.7. The maximum absolute atomic E-state index is 12.9. The fourth-order valence-corrected chi connectivity index (χ4v) is 9.47. The van der Waals surface area contributed by atoms with Crippen molar-refractivity contribution in [2.75, 3.05) is 13.2 Å². The topological polar surface area (TPSA) is 78.9 Å². The summed E-state index contributed by atoms with van der Waals surface area (Å²) in [6, 6.07) is 0. The van der Waals surface area contributed by atoms with Gasteiger partial charge in [-0.05, 0) is 83.5 Å². The van der Waals surface area contributed by atoms with Crippen LogP contribution in [0.25, 0.3) is 0 Å². The molecule has 0 saturated heterocycles. The molecule has 0 N–H and O–H groups in total. The van der Waals surface area contributed by atoms with Crippen LogP contribution in [0.15, 0.2) is 85.1 Å². The lowest BCUT2D eigenvalue weighted by Gasteiger charge is -2.18. The SMILES string of the molecule is CC/C=C\C/C=C\C/C=C\C/C=C\C/C=C\C/C=C\CCC(=O)O[C@H](COC(=O)CCCCCCCCCCCCC/C=C\CCCCCCCC)COC(=O)CCCCCCCCCCCCCCCCCCCCC. The Kier molecular flexibility index (Phi) is 62.2. The molecule has 1 atom stereocenters. The fraction of sp³-hybridized carbons (Fsp3) is 0.761. The van der Waals surface area contributed by atoms with Gasteiger partial charge in [-0.1, -0.05) is 311 Å². The molecule has 0 unspecified atom stereocenters. The van der Waals surface area contributed by atoms with Gasteiger partial charge in [-0.15, -0.1) is 0 Å². The predicted octanol–water partition coefficient (Wildman–Crippen LogP) is 22.7. The van der Waals surface area contributed by atoms with Crippen LogP contribution in [0.4, 0.5) is 0 Å². The van der Waals surface area contributed by atoms with Crippen LogP contribution in [0.5, 0.6) is 0 Å². The van der Waals surface area contributed by atoms with Crippen LogP contribution in [-0.4, -0.2) is 37.2 Å². The molecular formula is C71H124O6. The van der Waals surface area contributed by atoms with Crippen LogP contribution in [0.2, 0.25) is 0 Å². The summed E-state index contributed by atoms with van der Waals surface area (Å²) < 4.78 is 16.9. The van der Waals surface area contributed by atoms with Crippen LogP contribution in [-0.2, 0) is 28.6 Å². The summed E-state index contributed by atoms with van der Waals surface area (Å²) in [7, 11) is 0. The molecule has 0 rings (SSSR count). The molecule has 0 aromatic heterocycles. The largest absolute Gasteiger partial charge is 0.462 e. The smallest absolute Gasteiger partial charge is 0.306 e. The van der Waals surface area contributed by atoms with E-state index in [0.29, 0.717) is 19.3 Å². The van der Waals surface area contributed by atoms with Gasteiger partial charge in [-0.3, -0.25) is 14.4 Å². The van der Waals surface area contributed by atoms with Crippen molar-refractivity contribution in [2.45, 2.75) is 335 Å². The van der Waals surface area contributed by atoms with Gasteiger partial charge in [0.1, 0.15) is 13.2 Å². The van der Waals surface area contributed by atoms with Gasteiger partial charge in [0, 0.05) is 19.3 Å². The number of carbonyl (C=O) groups is 3. The highest BCUT2D eigenvalue weighted by molar-refractivity contribution is 5.71. The minimum atomic E-state index is -0.817. The molecule has 0 aromatic rings. The number of hydrogen-bond acceptors (Lipinski definition) is 6. The molecule has 0 bridgehead atoms. The van der Waals surface area contributed by atoms with Gasteiger partial charge in [-0.2, -0.15) is 0 Å². The molecule has 0 aromatic carbocycles. The number of esters is 3. The molecule has 77 heavy (non-hydrogen) atoms. The van der Waals surface area contributed by atoms with Gasteiger partial charge in [0.2, 0.25) is 0 Å². The van der Waals surface area contributed by atoms with E-state index in [4.69, 9.17) is 14.2 Å². The van der Waals surface area contributed by atoms with E-state index in [9.17, 15) is 14.4 Å². The summed E-state index contributed by atoms with van der Waals surface area (Å²) in [5.41, 5.74) is 0. The zero-order valence-corrected chi connectivity index (χ0v) is 51.0. The third-order valence-corrected chi connectivity index (χ3v) is 14.4. The van der Waals surface area contributed by atoms with E-state index in [1.54, 1.807) is 0 Å². The monoisotopic (exact) mass is 1070 g/mol. The predicted molar refractivity (Wildman–Crippen MR) is 334 cm³/mol. The highest BCUT2D eigenvalue weighted by Crippen LogP contribution is 2.17. The summed E-state index contributed by atoms with van der Waals surface area (Å²) in [6.45, 7) is 6.51. The molecule has 0 aliphatic carbocycles. The van der Waals surface area contributed by atoms with Gasteiger partial charge >= 0.3 is 17.9 Å². The first-order chi connectivity index (χ1) is 38.0. The lowest BCUT2D eigenvalue weighted by molar-refractivity contribution is -0.166. The van der Waals surface area contributed by atoms with Crippen molar-refractivity contribution in [3.63, 3.8) is 0 Å². The molecule has 444 valence electrons. The number of allylic oxidation sites excluding steroid dienone is 14. The number of rotatable bonds is 60. The summed E-state index contributed by atoms with van der Waals surface area (Å²) in [4.78, 5) is 38.3. The van der Waals surface area contributed by atoms with E-state index in [-0.39, 0.29) is 37.5 Å². The Hall–Kier alpha value is -3.41. The number of hydrogen-bond donors (Lipinski definition) is 0. The number of unbranched alkanes of at least 4 members (excludes halogenated alkanes) is 35. The molecule has 6 heteroatoms. The highest BCUT2D eigenvalue weighted by Gasteiger charge is 2.19. The van der Waals surface area contributed by atoms with E-state index in [0.717, 1.165) is 77.0 Å². The van der Waals surface area contributed by atoms with Crippen LogP contribution in [0.3, 0.4) is 0 Å². The number of carbonyl (C=O) groups excluding carboxylic acids is 3. The molecule has 0 heterocycles. The second-order valence-corrected chi connectivity index (χ2v) is 22.0. The average Bonchev–Trinajstić information content (AvgIpc) is 3.43. The van der Waals surface area contributed by atoms with Crippen LogP contribution in [0.1, 0.15) is 329 Å². The second-order valence-electron chi connectivity index (χ2n) is 22.0. The molecule has 0 aliphatic heterocycles. The maximum Gasteiger partial charge on any atom is 0.306 e. The molecule has 0 saturated carbocycles. The van der Waals surface area contributed by atoms with E-state index in [1.165, 1.54) is 205 Å². The minimum absolute atomic E-state index is 0.104. The van der Waals surface area contributed by atoms with Crippen molar-refractivity contribution >= 4 is 17.9 Å². The Labute approximate surface area is 477 Å². The van der Waals surface area contributed by atoms with Crippen LogP contribution in [0, 0.1) is 0 Å². The summed E-state index contributed by atoms with van der Waals surface area (Å²) in [5.74, 6) is -0.973. The summed E-state index contributed by atoms with van der Waals surface area (Å²) in [6.07, 6.45) is 86.1. The number of ether oxygens (including phenoxy) is 3. The first-order valence-corrected chi connectivity index (χ1v) is 33.1. The first kappa shape index (κ1) is 73.6. The molecular weight excluding hydrogens is 949 g/mol. The molecule has 0 radical (unpaired) electrons. The maximum atomic E-state index is 12.9. The van der Waals surface area contributed by atoms with Crippen molar-refractivity contribution in [2.24, 2.45) is 0 Å². The summed E-state index contributed by atoms with van der Waals surface area (Å²) in [5, 5.41) is 0. The van der Waals surface area contributed by atoms with Gasteiger partial charge in [-0.25, -0.2) is 0 Å². The van der Waals surface area contributed by atoms with Crippen LogP contribution >= 0.6 is 0 Å². The third-order valence-electron chi connectivity index (χ3n) is 14.4. The lowest BCUT2D eigenvalue weighted by atomic mass is 10.0. The van der Waals surface area contributed by atoms with Crippen molar-refractivity contribution in [3.05, 3.63) is 85.1 Å². The minimum Gasteiger partial charge on any atom is -0.462 e. The van der Waals surface area contributed by atoms with E-state index in [1.807, 2.05) is 6.08 Å². The first-order valence-electron chi connectivity index (χ1n) is 33.1. The van der Waals surface area contributed by atoms with Crippen molar-refractivity contribution < 1.29 is 28.6 Å². The molecule has 6 nitrogen and oxygen atoms in total. The van der Waals surface area contributed by atoms with Gasteiger partial charge in [0.05, 0.1) is 0 Å². The normalized spacial score (nSPS) is 12.6. The average molecular weight is 1070 g/mol. The van der Waals surface area contributed by atoms with Crippen molar-refractivity contribution in [1.29, 1.82) is 0 Å². The van der Waals surface area contributed by atoms with Crippen molar-refractivity contribution in [3.8, 4) is 0 Å². The van der Waals surface area contributed by atoms with Crippen LogP contribution < -0.4 is 0 Å². The Bertz CT molecular complexity index is 1470. The highest BCUT2D eigenvalue weighted by atomic mass is 16.6. The quantitative estimate of drug-likeness (QED) is 0.0261. The second kappa shape index (κ2) is 65.1. The van der Waals surface area contributed by atoms with E-state index < -0.39 is 6.10 Å². The Morgan fingerprint density at radius 2 is 0.532 bits per heavy atom. The Morgan fingerprint density at radius 1 is 0.273 bits per heavy atom. The Balaban J connectivity index is 4.44. The molecule has 0 amide bonds. The third kappa shape index (κ3) is 63.3. The lowest BCUT2D eigenvalue weighted by Crippen LogP contribution is -2.30. The summed E-state index contributed by atoms with van der Waals surface area (Å²) >= 11 is 0. The molecule has 0 spiro atoms. The molecule has 0 fully saturated rings. The van der Waals surface area contributed by atoms with Gasteiger partial charge in [0.15, 0.2) is 6.10 Å². The molecule has 0 aliphatic rings. The van der Waals surface area contributed by atoms with Gasteiger partial charge in [0.25, 0.3) is 0 Å². The van der Waals surface area contributed by atoms with Gasteiger partial charge < -0.3 is 14.2 Å². The van der Waals surface area contributed by atoms with E-state index in [2.05, 4.69) is 99.8 Å². The fourth-order valence-electron chi connectivity index (χ4n) is 9.47. The van der Waals surface area contributed by atoms with E-state index >= 15 is 0 Å².